The van der Waals surface area contributed by atoms with E-state index < -0.39 is 11.4 Å². The molecular formula is C19H24O5. The van der Waals surface area contributed by atoms with Gasteiger partial charge in [0.1, 0.15) is 11.5 Å². The minimum atomic E-state index is -1.49. The molecule has 1 aliphatic carbocycles. The molecule has 0 bridgehead atoms. The van der Waals surface area contributed by atoms with Crippen molar-refractivity contribution in [1.82, 2.24) is 0 Å². The Kier molecular flexibility index (Phi) is 5.13. The van der Waals surface area contributed by atoms with Crippen LogP contribution in [-0.2, 0) is 11.2 Å². The standard InChI is InChI=1S/C19H24O5/c1-4-11(2)5-12(3)16(22)9-19(24)8-13-6-14(20)7-15(21)18(13)17(23)10-19/h5-7,11,20-21,24H,4,8-10H2,1-3H3/t11-,19-/m1/s1. The summed E-state index contributed by atoms with van der Waals surface area (Å²) in [5.74, 6) is -0.823. The summed E-state index contributed by atoms with van der Waals surface area (Å²) in [6.45, 7) is 5.76. The number of aromatic hydroxyl groups is 2. The minimum Gasteiger partial charge on any atom is -0.508 e. The number of ketones is 2. The van der Waals surface area contributed by atoms with Crippen molar-refractivity contribution in [3.05, 3.63) is 34.9 Å². The Morgan fingerprint density at radius 1 is 1.33 bits per heavy atom. The summed E-state index contributed by atoms with van der Waals surface area (Å²) in [7, 11) is 0. The number of hydrogen-bond acceptors (Lipinski definition) is 5. The van der Waals surface area contributed by atoms with Crippen molar-refractivity contribution in [3.8, 4) is 11.5 Å². The number of benzene rings is 1. The molecule has 2 rings (SSSR count). The predicted octanol–water partition coefficient (Wildman–Crippen LogP) is 2.91. The van der Waals surface area contributed by atoms with E-state index in [-0.39, 0.29) is 48.0 Å². The fourth-order valence-corrected chi connectivity index (χ4v) is 3.14. The van der Waals surface area contributed by atoms with Gasteiger partial charge in [-0.2, -0.15) is 0 Å². The Hall–Kier alpha value is -2.14. The first-order valence-electron chi connectivity index (χ1n) is 8.17. The van der Waals surface area contributed by atoms with E-state index in [4.69, 9.17) is 0 Å². The number of allylic oxidation sites excluding steroid dienone is 2. The largest absolute Gasteiger partial charge is 0.508 e. The molecule has 130 valence electrons. The fraction of sp³-hybridized carbons (Fsp3) is 0.474. The smallest absolute Gasteiger partial charge is 0.169 e. The molecule has 0 radical (unpaired) electrons. The van der Waals surface area contributed by atoms with E-state index in [1.54, 1.807) is 6.92 Å². The number of fused-ring (bicyclic) bond motifs is 1. The lowest BCUT2D eigenvalue weighted by atomic mass is 9.76. The Bertz CT molecular complexity index is 704. The highest BCUT2D eigenvalue weighted by Crippen LogP contribution is 2.38. The molecule has 3 N–H and O–H groups in total. The molecule has 0 spiro atoms. The molecule has 0 aromatic heterocycles. The highest BCUT2D eigenvalue weighted by Gasteiger charge is 2.40. The molecule has 0 amide bonds. The van der Waals surface area contributed by atoms with Gasteiger partial charge in [-0.3, -0.25) is 9.59 Å². The van der Waals surface area contributed by atoms with Crippen molar-refractivity contribution in [2.75, 3.05) is 0 Å². The third-order valence-corrected chi connectivity index (χ3v) is 4.58. The zero-order valence-corrected chi connectivity index (χ0v) is 14.3. The second-order valence-corrected chi connectivity index (χ2v) is 6.84. The Labute approximate surface area is 141 Å². The Balaban J connectivity index is 2.24. The summed E-state index contributed by atoms with van der Waals surface area (Å²) in [6, 6.07) is 2.45. The van der Waals surface area contributed by atoms with Crippen LogP contribution in [0.3, 0.4) is 0 Å². The van der Waals surface area contributed by atoms with Crippen molar-refractivity contribution in [2.24, 2.45) is 5.92 Å². The molecule has 24 heavy (non-hydrogen) atoms. The van der Waals surface area contributed by atoms with Gasteiger partial charge < -0.3 is 15.3 Å². The van der Waals surface area contributed by atoms with Crippen LogP contribution in [0, 0.1) is 5.92 Å². The van der Waals surface area contributed by atoms with E-state index in [0.29, 0.717) is 11.1 Å². The van der Waals surface area contributed by atoms with Gasteiger partial charge in [0, 0.05) is 25.3 Å². The van der Waals surface area contributed by atoms with Crippen LogP contribution < -0.4 is 0 Å². The van der Waals surface area contributed by atoms with Crippen LogP contribution in [0.15, 0.2) is 23.8 Å². The molecule has 1 aromatic rings. The number of hydrogen-bond donors (Lipinski definition) is 3. The molecule has 2 atom stereocenters. The van der Waals surface area contributed by atoms with Crippen LogP contribution in [0.2, 0.25) is 0 Å². The van der Waals surface area contributed by atoms with Crippen LogP contribution in [0.1, 0.15) is 56.0 Å². The summed E-state index contributed by atoms with van der Waals surface area (Å²) < 4.78 is 0. The number of phenols is 2. The normalized spacial score (nSPS) is 22.2. The maximum absolute atomic E-state index is 12.4. The van der Waals surface area contributed by atoms with Crippen LogP contribution >= 0.6 is 0 Å². The average Bonchev–Trinajstić information content (AvgIpc) is 2.44. The van der Waals surface area contributed by atoms with Crippen molar-refractivity contribution >= 4 is 11.6 Å². The summed E-state index contributed by atoms with van der Waals surface area (Å²) in [5.41, 5.74) is -0.430. The van der Waals surface area contributed by atoms with Gasteiger partial charge in [0.25, 0.3) is 0 Å². The highest BCUT2D eigenvalue weighted by atomic mass is 16.3. The van der Waals surface area contributed by atoms with E-state index >= 15 is 0 Å². The van der Waals surface area contributed by atoms with Crippen LogP contribution in [0.5, 0.6) is 11.5 Å². The maximum atomic E-state index is 12.4. The zero-order valence-electron chi connectivity index (χ0n) is 14.3. The first-order valence-corrected chi connectivity index (χ1v) is 8.17. The molecule has 5 heteroatoms. The summed E-state index contributed by atoms with van der Waals surface area (Å²) in [4.78, 5) is 24.7. The monoisotopic (exact) mass is 332 g/mol. The maximum Gasteiger partial charge on any atom is 0.169 e. The van der Waals surface area contributed by atoms with Crippen molar-refractivity contribution < 1.29 is 24.9 Å². The van der Waals surface area contributed by atoms with Crippen molar-refractivity contribution in [1.29, 1.82) is 0 Å². The molecule has 0 saturated heterocycles. The number of carbonyl (C=O) groups excluding carboxylic acids is 2. The van der Waals surface area contributed by atoms with Gasteiger partial charge in [-0.05, 0) is 30.0 Å². The third-order valence-electron chi connectivity index (χ3n) is 4.58. The van der Waals surface area contributed by atoms with Gasteiger partial charge in [-0.25, -0.2) is 0 Å². The zero-order chi connectivity index (χ0) is 18.1. The third kappa shape index (κ3) is 3.85. The van der Waals surface area contributed by atoms with E-state index in [1.165, 1.54) is 6.07 Å². The van der Waals surface area contributed by atoms with Gasteiger partial charge in [0.15, 0.2) is 11.6 Å². The summed E-state index contributed by atoms with van der Waals surface area (Å²) in [6.07, 6.45) is 2.45. The lowest BCUT2D eigenvalue weighted by Gasteiger charge is -2.32. The topological polar surface area (TPSA) is 94.8 Å². The van der Waals surface area contributed by atoms with Gasteiger partial charge in [0.2, 0.25) is 0 Å². The minimum absolute atomic E-state index is 0.0401. The van der Waals surface area contributed by atoms with Gasteiger partial charge >= 0.3 is 0 Å². The molecule has 0 aliphatic heterocycles. The molecule has 0 heterocycles. The molecule has 5 nitrogen and oxygen atoms in total. The summed E-state index contributed by atoms with van der Waals surface area (Å²) in [5, 5.41) is 30.2. The highest BCUT2D eigenvalue weighted by molar-refractivity contribution is 6.03. The van der Waals surface area contributed by atoms with E-state index in [0.717, 1.165) is 12.5 Å². The SMILES string of the molecule is CC[C@@H](C)C=C(C)C(=O)C[C@@]1(O)CC(=O)c2c(O)cc(O)cc2C1. The van der Waals surface area contributed by atoms with Crippen LogP contribution in [0.4, 0.5) is 0 Å². The van der Waals surface area contributed by atoms with E-state index in [1.807, 2.05) is 19.9 Å². The van der Waals surface area contributed by atoms with Gasteiger partial charge in [-0.15, -0.1) is 0 Å². The molecule has 0 unspecified atom stereocenters. The fourth-order valence-electron chi connectivity index (χ4n) is 3.14. The molecule has 0 saturated carbocycles. The Morgan fingerprint density at radius 3 is 2.62 bits per heavy atom. The Morgan fingerprint density at radius 2 is 2.00 bits per heavy atom. The first kappa shape index (κ1) is 18.2. The number of rotatable bonds is 5. The average molecular weight is 332 g/mol. The second-order valence-electron chi connectivity index (χ2n) is 6.84. The molecule has 1 aromatic carbocycles. The number of aliphatic hydroxyl groups is 1. The number of Topliss-reactive ketones (excluding diaryl/α,β-unsaturated/α-hetero) is 2. The number of carbonyl (C=O) groups is 2. The van der Waals surface area contributed by atoms with Crippen LogP contribution in [0.25, 0.3) is 0 Å². The van der Waals surface area contributed by atoms with Gasteiger partial charge in [-0.1, -0.05) is 26.3 Å². The lowest BCUT2D eigenvalue weighted by molar-refractivity contribution is -0.120. The quantitative estimate of drug-likeness (QED) is 0.721. The first-order chi connectivity index (χ1) is 11.1. The van der Waals surface area contributed by atoms with E-state index in [9.17, 15) is 24.9 Å². The molecular weight excluding hydrogens is 308 g/mol. The van der Waals surface area contributed by atoms with E-state index in [2.05, 4.69) is 0 Å². The van der Waals surface area contributed by atoms with Gasteiger partial charge in [0.05, 0.1) is 11.2 Å². The predicted molar refractivity (Wildman–Crippen MR) is 90.2 cm³/mol. The van der Waals surface area contributed by atoms with Crippen molar-refractivity contribution in [2.45, 2.75) is 52.1 Å². The number of phenolic OH excluding ortho intramolecular Hbond substituents is 2. The second kappa shape index (κ2) is 6.77. The molecule has 0 fully saturated rings. The molecule has 1 aliphatic rings. The summed E-state index contributed by atoms with van der Waals surface area (Å²) >= 11 is 0. The van der Waals surface area contributed by atoms with Crippen molar-refractivity contribution in [3.63, 3.8) is 0 Å². The van der Waals surface area contributed by atoms with Crippen LogP contribution in [-0.4, -0.2) is 32.5 Å². The lowest BCUT2D eigenvalue weighted by Crippen LogP contribution is -2.40.